The summed E-state index contributed by atoms with van der Waals surface area (Å²) in [5.74, 6) is -2.06. The first-order valence-corrected chi connectivity index (χ1v) is 10.8. The fourth-order valence-corrected chi connectivity index (χ4v) is 4.96. The number of carbonyl (C=O) groups is 2. The van der Waals surface area contributed by atoms with Crippen LogP contribution in [0.3, 0.4) is 0 Å². The van der Waals surface area contributed by atoms with Gasteiger partial charge in [-0.2, -0.15) is 0 Å². The lowest BCUT2D eigenvalue weighted by molar-refractivity contribution is -0.137. The quantitative estimate of drug-likeness (QED) is 0.564. The molecule has 29 heavy (non-hydrogen) atoms. The molecule has 2 aromatic rings. The number of nitrogen functional groups attached to an aromatic ring is 1. The molecule has 1 aliphatic rings. The molecule has 2 N–H and O–H groups in total. The summed E-state index contributed by atoms with van der Waals surface area (Å²) in [6.07, 6.45) is 0.333. The van der Waals surface area contributed by atoms with E-state index in [0.29, 0.717) is 6.42 Å². The van der Waals surface area contributed by atoms with E-state index >= 15 is 0 Å². The first-order valence-electron chi connectivity index (χ1n) is 9.01. The second-order valence-corrected chi connectivity index (χ2v) is 9.10. The van der Waals surface area contributed by atoms with E-state index in [2.05, 4.69) is 0 Å². The highest BCUT2D eigenvalue weighted by molar-refractivity contribution is 7.91. The molecule has 0 aromatic heterocycles. The Morgan fingerprint density at radius 1 is 1.17 bits per heavy atom. The number of ether oxygens (including phenoxy) is 1. The number of anilines is 1. The van der Waals surface area contributed by atoms with Gasteiger partial charge in [-0.3, -0.25) is 4.79 Å². The second kappa shape index (κ2) is 8.60. The van der Waals surface area contributed by atoms with Crippen molar-refractivity contribution in [3.05, 3.63) is 65.5 Å². The van der Waals surface area contributed by atoms with E-state index in [4.69, 9.17) is 10.5 Å². The van der Waals surface area contributed by atoms with E-state index in [0.717, 1.165) is 17.7 Å². The number of sulfone groups is 1. The monoisotopic (exact) mass is 420 g/mol. The summed E-state index contributed by atoms with van der Waals surface area (Å²) >= 11 is 0. The van der Waals surface area contributed by atoms with Gasteiger partial charge in [-0.05, 0) is 30.2 Å². The van der Waals surface area contributed by atoms with Crippen molar-refractivity contribution in [2.45, 2.75) is 19.0 Å². The average molecular weight is 420 g/mol. The zero-order valence-electron chi connectivity index (χ0n) is 15.6. The van der Waals surface area contributed by atoms with Gasteiger partial charge in [-0.25, -0.2) is 17.6 Å². The van der Waals surface area contributed by atoms with E-state index in [1.165, 1.54) is 11.0 Å². The molecule has 1 aliphatic heterocycles. The van der Waals surface area contributed by atoms with Crippen molar-refractivity contribution in [2.75, 3.05) is 23.8 Å². The summed E-state index contributed by atoms with van der Waals surface area (Å²) in [6.45, 7) is -0.366. The first kappa shape index (κ1) is 20.8. The minimum absolute atomic E-state index is 0.0160. The van der Waals surface area contributed by atoms with Crippen LogP contribution >= 0.6 is 0 Å². The number of nitrogens with zero attached hydrogens (tertiary/aromatic N) is 1. The van der Waals surface area contributed by atoms with Crippen LogP contribution in [0.15, 0.2) is 48.5 Å². The summed E-state index contributed by atoms with van der Waals surface area (Å²) in [5.41, 5.74) is 6.31. The maximum absolute atomic E-state index is 13.1. The van der Waals surface area contributed by atoms with E-state index in [1.807, 2.05) is 30.3 Å². The van der Waals surface area contributed by atoms with Crippen LogP contribution in [0.4, 0.5) is 10.1 Å². The average Bonchev–Trinajstić information content (AvgIpc) is 3.04. The van der Waals surface area contributed by atoms with Crippen LogP contribution in [-0.4, -0.2) is 49.3 Å². The molecule has 0 bridgehead atoms. The molecule has 7 nitrogen and oxygen atoms in total. The third kappa shape index (κ3) is 5.32. The van der Waals surface area contributed by atoms with Gasteiger partial charge in [0.2, 0.25) is 0 Å². The largest absolute Gasteiger partial charge is 0.452 e. The third-order valence-electron chi connectivity index (χ3n) is 4.73. The smallest absolute Gasteiger partial charge is 0.340 e. The highest BCUT2D eigenvalue weighted by Crippen LogP contribution is 2.21. The van der Waals surface area contributed by atoms with E-state index in [9.17, 15) is 22.4 Å². The summed E-state index contributed by atoms with van der Waals surface area (Å²) in [4.78, 5) is 26.4. The molecule has 2 aromatic carbocycles. The van der Waals surface area contributed by atoms with Crippen LogP contribution < -0.4 is 5.73 Å². The van der Waals surface area contributed by atoms with Gasteiger partial charge in [0.15, 0.2) is 16.4 Å². The van der Waals surface area contributed by atoms with Gasteiger partial charge in [0, 0.05) is 18.3 Å². The highest BCUT2D eigenvalue weighted by Gasteiger charge is 2.35. The van der Waals surface area contributed by atoms with Crippen molar-refractivity contribution in [1.82, 2.24) is 4.90 Å². The third-order valence-corrected chi connectivity index (χ3v) is 6.48. The number of amides is 1. The minimum Gasteiger partial charge on any atom is -0.452 e. The molecular weight excluding hydrogens is 399 g/mol. The number of nitrogens with two attached hydrogens (primary N) is 1. The van der Waals surface area contributed by atoms with Gasteiger partial charge in [0.05, 0.1) is 17.1 Å². The standard InChI is InChI=1S/C20H21FN2O5S/c21-15-6-7-17(18(22)10-15)20(25)28-12-19(24)23(11-14-4-2-1-3-5-14)16-8-9-29(26,27)13-16/h1-7,10,16H,8-9,11-13,22H2/t16-/m1/s1. The van der Waals surface area contributed by atoms with Crippen molar-refractivity contribution in [2.24, 2.45) is 0 Å². The Kier molecular flexibility index (Phi) is 6.17. The summed E-state index contributed by atoms with van der Waals surface area (Å²) < 4.78 is 41.9. The van der Waals surface area contributed by atoms with Crippen molar-refractivity contribution in [1.29, 1.82) is 0 Å². The van der Waals surface area contributed by atoms with Gasteiger partial charge >= 0.3 is 5.97 Å². The summed E-state index contributed by atoms with van der Waals surface area (Å²) in [7, 11) is -3.20. The molecule has 1 heterocycles. The molecule has 0 unspecified atom stereocenters. The van der Waals surface area contributed by atoms with Gasteiger partial charge in [-0.15, -0.1) is 0 Å². The first-order chi connectivity index (χ1) is 13.7. The number of carbonyl (C=O) groups excluding carboxylic acids is 2. The minimum atomic E-state index is -3.20. The molecule has 1 saturated heterocycles. The Balaban J connectivity index is 1.71. The number of benzene rings is 2. The number of hydrogen-bond donors (Lipinski definition) is 1. The maximum atomic E-state index is 13.1. The highest BCUT2D eigenvalue weighted by atomic mass is 32.2. The molecule has 3 rings (SSSR count). The van der Waals surface area contributed by atoms with Crippen LogP contribution in [0.5, 0.6) is 0 Å². The van der Waals surface area contributed by atoms with Crippen LogP contribution in [0.2, 0.25) is 0 Å². The zero-order chi connectivity index (χ0) is 21.0. The predicted molar refractivity (Wildman–Crippen MR) is 105 cm³/mol. The molecule has 9 heteroatoms. The van der Waals surface area contributed by atoms with E-state index < -0.39 is 40.2 Å². The normalized spacial score (nSPS) is 17.6. The lowest BCUT2D eigenvalue weighted by atomic mass is 10.1. The fourth-order valence-electron chi connectivity index (χ4n) is 3.23. The number of halogens is 1. The molecule has 1 atom stereocenters. The Morgan fingerprint density at radius 3 is 2.52 bits per heavy atom. The SMILES string of the molecule is Nc1cc(F)ccc1C(=O)OCC(=O)N(Cc1ccccc1)[C@@H]1CCS(=O)(=O)C1. The fraction of sp³-hybridized carbons (Fsp3) is 0.300. The van der Waals surface area contributed by atoms with Crippen molar-refractivity contribution in [3.63, 3.8) is 0 Å². The van der Waals surface area contributed by atoms with E-state index in [-0.39, 0.29) is 29.3 Å². The van der Waals surface area contributed by atoms with Gasteiger partial charge in [0.25, 0.3) is 5.91 Å². The van der Waals surface area contributed by atoms with Crippen molar-refractivity contribution < 1.29 is 27.1 Å². The molecule has 1 fully saturated rings. The van der Waals surface area contributed by atoms with Crippen LogP contribution in [0, 0.1) is 5.82 Å². The lowest BCUT2D eigenvalue weighted by Crippen LogP contribution is -2.42. The van der Waals surface area contributed by atoms with Crippen LogP contribution in [-0.2, 0) is 25.9 Å². The van der Waals surface area contributed by atoms with Gasteiger partial charge in [0.1, 0.15) is 5.82 Å². The summed E-state index contributed by atoms with van der Waals surface area (Å²) in [6, 6.07) is 11.9. The number of rotatable bonds is 6. The number of hydrogen-bond acceptors (Lipinski definition) is 6. The Bertz CT molecular complexity index is 1010. The zero-order valence-corrected chi connectivity index (χ0v) is 16.4. The molecular formula is C20H21FN2O5S. The molecule has 0 spiro atoms. The van der Waals surface area contributed by atoms with E-state index in [1.54, 1.807) is 0 Å². The predicted octanol–water partition coefficient (Wildman–Crippen LogP) is 1.78. The molecule has 0 aliphatic carbocycles. The maximum Gasteiger partial charge on any atom is 0.340 e. The van der Waals surface area contributed by atoms with Gasteiger partial charge < -0.3 is 15.4 Å². The van der Waals surface area contributed by atoms with Crippen LogP contribution in [0.1, 0.15) is 22.3 Å². The van der Waals surface area contributed by atoms with Crippen molar-refractivity contribution in [3.8, 4) is 0 Å². The molecule has 0 saturated carbocycles. The topological polar surface area (TPSA) is 107 Å². The molecule has 154 valence electrons. The number of esters is 1. The molecule has 1 amide bonds. The Hall–Kier alpha value is -2.94. The Morgan fingerprint density at radius 2 is 1.90 bits per heavy atom. The van der Waals surface area contributed by atoms with Crippen LogP contribution in [0.25, 0.3) is 0 Å². The second-order valence-electron chi connectivity index (χ2n) is 6.87. The van der Waals surface area contributed by atoms with Gasteiger partial charge in [-0.1, -0.05) is 30.3 Å². The van der Waals surface area contributed by atoms with Crippen molar-refractivity contribution >= 4 is 27.4 Å². The lowest BCUT2D eigenvalue weighted by Gasteiger charge is -2.28. The summed E-state index contributed by atoms with van der Waals surface area (Å²) in [5, 5.41) is 0. The Labute approximate surface area is 168 Å². The molecule has 0 radical (unpaired) electrons.